The number of hydrogen-bond donors (Lipinski definition) is 2. The molecule has 2 aromatic carbocycles. The fourth-order valence-electron chi connectivity index (χ4n) is 2.25. The third-order valence-corrected chi connectivity index (χ3v) is 4.37. The lowest BCUT2D eigenvalue weighted by Gasteiger charge is -2.11. The molecular weight excluding hydrogens is 390 g/mol. The van der Waals surface area contributed by atoms with Gasteiger partial charge in [0.1, 0.15) is 5.70 Å². The van der Waals surface area contributed by atoms with Crippen LogP contribution in [-0.2, 0) is 19.1 Å². The van der Waals surface area contributed by atoms with Gasteiger partial charge in [0.05, 0.1) is 17.5 Å². The fourth-order valence-corrected chi connectivity index (χ4v) is 2.92. The number of benzene rings is 2. The van der Waals surface area contributed by atoms with Crippen LogP contribution < -0.4 is 10.6 Å². The molecule has 0 aliphatic heterocycles. The van der Waals surface area contributed by atoms with E-state index in [0.717, 1.165) is 4.90 Å². The molecule has 0 heterocycles. The number of esters is 1. The van der Waals surface area contributed by atoms with Crippen molar-refractivity contribution in [1.29, 1.82) is 5.26 Å². The first-order valence-electron chi connectivity index (χ1n) is 8.59. The summed E-state index contributed by atoms with van der Waals surface area (Å²) in [5.41, 5.74) is 1.15. The van der Waals surface area contributed by atoms with Gasteiger partial charge in [-0.15, -0.1) is 11.8 Å². The minimum absolute atomic E-state index is 0.0681. The Morgan fingerprint density at radius 1 is 1.10 bits per heavy atom. The highest BCUT2D eigenvalue weighted by molar-refractivity contribution is 7.99. The number of rotatable bonds is 8. The first-order valence-corrected chi connectivity index (χ1v) is 9.58. The maximum atomic E-state index is 12.3. The van der Waals surface area contributed by atoms with E-state index in [1.807, 2.05) is 12.1 Å². The highest BCUT2D eigenvalue weighted by Crippen LogP contribution is 2.26. The van der Waals surface area contributed by atoms with Gasteiger partial charge in [-0.3, -0.25) is 9.59 Å². The standard InChI is InChI=1S/C21H19N3O4S/c1-15(25)23-18(13-16-7-3-2-4-8-16)21(27)28-14-20(26)24-17-9-5-6-10-19(17)29-12-11-22/h2-10,13H,12,14H2,1H3,(H,23,25)(H,24,26)/b18-13-. The number of ether oxygens (including phenoxy) is 1. The van der Waals surface area contributed by atoms with Gasteiger partial charge in [-0.2, -0.15) is 5.26 Å². The van der Waals surface area contributed by atoms with Gasteiger partial charge in [-0.1, -0.05) is 42.5 Å². The highest BCUT2D eigenvalue weighted by Gasteiger charge is 2.15. The van der Waals surface area contributed by atoms with Crippen molar-refractivity contribution in [2.75, 3.05) is 17.7 Å². The molecule has 0 fully saturated rings. The quantitative estimate of drug-likeness (QED) is 0.394. The van der Waals surface area contributed by atoms with Crippen LogP contribution in [0.3, 0.4) is 0 Å². The Balaban J connectivity index is 2.01. The SMILES string of the molecule is CC(=O)N/C(=C\c1ccccc1)C(=O)OCC(=O)Nc1ccccc1SCC#N. The van der Waals surface area contributed by atoms with E-state index < -0.39 is 24.4 Å². The molecule has 2 rings (SSSR count). The van der Waals surface area contributed by atoms with E-state index in [2.05, 4.69) is 10.6 Å². The summed E-state index contributed by atoms with van der Waals surface area (Å²) in [4.78, 5) is 36.6. The van der Waals surface area contributed by atoms with E-state index in [9.17, 15) is 14.4 Å². The molecule has 0 aliphatic rings. The largest absolute Gasteiger partial charge is 0.451 e. The summed E-state index contributed by atoms with van der Waals surface area (Å²) in [5, 5.41) is 13.8. The number of thioether (sulfide) groups is 1. The van der Waals surface area contributed by atoms with Crippen molar-refractivity contribution < 1.29 is 19.1 Å². The molecule has 0 saturated heterocycles. The molecule has 0 spiro atoms. The molecular formula is C21H19N3O4S. The van der Waals surface area contributed by atoms with E-state index in [4.69, 9.17) is 10.00 Å². The smallest absolute Gasteiger partial charge is 0.355 e. The number of carbonyl (C=O) groups is 3. The zero-order chi connectivity index (χ0) is 21.1. The zero-order valence-corrected chi connectivity index (χ0v) is 16.5. The van der Waals surface area contributed by atoms with Crippen LogP contribution in [0.25, 0.3) is 6.08 Å². The van der Waals surface area contributed by atoms with Crippen molar-refractivity contribution in [2.24, 2.45) is 0 Å². The van der Waals surface area contributed by atoms with Crippen molar-refractivity contribution in [3.05, 3.63) is 65.9 Å². The number of nitriles is 1. The Bertz CT molecular complexity index is 952. The molecule has 0 unspecified atom stereocenters. The van der Waals surface area contributed by atoms with Crippen molar-refractivity contribution in [2.45, 2.75) is 11.8 Å². The number of anilines is 1. The lowest BCUT2D eigenvalue weighted by atomic mass is 10.2. The van der Waals surface area contributed by atoms with Gasteiger partial charge in [-0.05, 0) is 23.8 Å². The highest BCUT2D eigenvalue weighted by atomic mass is 32.2. The Morgan fingerprint density at radius 3 is 2.48 bits per heavy atom. The predicted molar refractivity (Wildman–Crippen MR) is 111 cm³/mol. The van der Waals surface area contributed by atoms with Crippen LogP contribution in [-0.4, -0.2) is 30.1 Å². The van der Waals surface area contributed by atoms with Crippen LogP contribution in [0.1, 0.15) is 12.5 Å². The number of amides is 2. The Labute approximate surface area is 172 Å². The molecule has 148 valence electrons. The molecule has 0 bridgehead atoms. The first-order chi connectivity index (χ1) is 14.0. The van der Waals surface area contributed by atoms with Gasteiger partial charge >= 0.3 is 5.97 Å². The number of carbonyl (C=O) groups excluding carboxylic acids is 3. The van der Waals surface area contributed by atoms with Crippen molar-refractivity contribution in [1.82, 2.24) is 5.32 Å². The van der Waals surface area contributed by atoms with Crippen LogP contribution in [0.15, 0.2) is 65.2 Å². The number of para-hydroxylation sites is 1. The summed E-state index contributed by atoms with van der Waals surface area (Å²) in [7, 11) is 0. The van der Waals surface area contributed by atoms with E-state index >= 15 is 0 Å². The second-order valence-corrected chi connectivity index (χ2v) is 6.73. The second-order valence-electron chi connectivity index (χ2n) is 5.72. The monoisotopic (exact) mass is 409 g/mol. The van der Waals surface area contributed by atoms with E-state index in [1.54, 1.807) is 48.5 Å². The normalized spacial score (nSPS) is 10.6. The van der Waals surface area contributed by atoms with Gasteiger partial charge in [-0.25, -0.2) is 4.79 Å². The van der Waals surface area contributed by atoms with Crippen molar-refractivity contribution >= 4 is 41.3 Å². The molecule has 8 heteroatoms. The molecule has 0 saturated carbocycles. The van der Waals surface area contributed by atoms with Gasteiger partial charge < -0.3 is 15.4 Å². The van der Waals surface area contributed by atoms with Crippen LogP contribution in [0, 0.1) is 11.3 Å². The molecule has 7 nitrogen and oxygen atoms in total. The minimum atomic E-state index is -0.827. The summed E-state index contributed by atoms with van der Waals surface area (Å²) in [6.07, 6.45) is 1.47. The Kier molecular flexibility index (Phi) is 8.48. The van der Waals surface area contributed by atoms with Crippen molar-refractivity contribution in [3.63, 3.8) is 0 Å². The number of nitrogens with one attached hydrogen (secondary N) is 2. The molecule has 29 heavy (non-hydrogen) atoms. The average molecular weight is 409 g/mol. The first kappa shape index (κ1) is 21.7. The summed E-state index contributed by atoms with van der Waals surface area (Å²) >= 11 is 1.29. The summed E-state index contributed by atoms with van der Waals surface area (Å²) in [5.74, 6) is -1.56. The fraction of sp³-hybridized carbons (Fsp3) is 0.143. The lowest BCUT2D eigenvalue weighted by Crippen LogP contribution is -2.29. The summed E-state index contributed by atoms with van der Waals surface area (Å²) in [6.45, 7) is 0.746. The number of nitrogens with zero attached hydrogens (tertiary/aromatic N) is 1. The molecule has 0 aromatic heterocycles. The summed E-state index contributed by atoms with van der Waals surface area (Å²) < 4.78 is 5.04. The third kappa shape index (κ3) is 7.52. The maximum Gasteiger partial charge on any atom is 0.355 e. The molecule has 2 aromatic rings. The van der Waals surface area contributed by atoms with E-state index in [0.29, 0.717) is 11.3 Å². The molecule has 0 radical (unpaired) electrons. The predicted octanol–water partition coefficient (Wildman–Crippen LogP) is 2.96. The average Bonchev–Trinajstić information content (AvgIpc) is 2.71. The van der Waals surface area contributed by atoms with E-state index in [-0.39, 0.29) is 11.4 Å². The molecule has 0 aliphatic carbocycles. The maximum absolute atomic E-state index is 12.3. The van der Waals surface area contributed by atoms with Crippen LogP contribution in [0.2, 0.25) is 0 Å². The molecule has 2 N–H and O–H groups in total. The lowest BCUT2D eigenvalue weighted by molar-refractivity contribution is -0.144. The van der Waals surface area contributed by atoms with Crippen molar-refractivity contribution in [3.8, 4) is 6.07 Å². The Morgan fingerprint density at radius 2 is 1.79 bits per heavy atom. The van der Waals surface area contributed by atoms with Gasteiger partial charge in [0.15, 0.2) is 6.61 Å². The molecule has 0 atom stereocenters. The van der Waals surface area contributed by atoms with Crippen LogP contribution in [0.5, 0.6) is 0 Å². The summed E-state index contributed by atoms with van der Waals surface area (Å²) in [6, 6.07) is 18.0. The topological polar surface area (TPSA) is 108 Å². The minimum Gasteiger partial charge on any atom is -0.451 e. The second kappa shape index (κ2) is 11.3. The third-order valence-electron chi connectivity index (χ3n) is 3.43. The van der Waals surface area contributed by atoms with Crippen LogP contribution in [0.4, 0.5) is 5.69 Å². The van der Waals surface area contributed by atoms with Gasteiger partial charge in [0, 0.05) is 11.8 Å². The number of hydrogen-bond acceptors (Lipinski definition) is 6. The Hall–Kier alpha value is -3.57. The van der Waals surface area contributed by atoms with E-state index in [1.165, 1.54) is 24.8 Å². The van der Waals surface area contributed by atoms with Gasteiger partial charge in [0.2, 0.25) is 5.91 Å². The van der Waals surface area contributed by atoms with Crippen LogP contribution >= 0.6 is 11.8 Å². The zero-order valence-electron chi connectivity index (χ0n) is 15.7. The van der Waals surface area contributed by atoms with Gasteiger partial charge in [0.25, 0.3) is 5.91 Å². The molecule has 2 amide bonds.